The molecular formula is C17H20O7. The minimum atomic E-state index is -1.27. The molecule has 2 N–H and O–H groups in total. The van der Waals surface area contributed by atoms with Crippen LogP contribution in [0.4, 0.5) is 0 Å². The molecule has 7 nitrogen and oxygen atoms in total. The highest BCUT2D eigenvalue weighted by molar-refractivity contribution is 5.77. The predicted octanol–water partition coefficient (Wildman–Crippen LogP) is 1.04. The minimum absolute atomic E-state index is 0.416. The summed E-state index contributed by atoms with van der Waals surface area (Å²) in [4.78, 5) is 11.2. The summed E-state index contributed by atoms with van der Waals surface area (Å²) >= 11 is 0. The lowest BCUT2D eigenvalue weighted by Crippen LogP contribution is -2.63. The van der Waals surface area contributed by atoms with Crippen molar-refractivity contribution in [1.29, 1.82) is 0 Å². The first-order valence-electron chi connectivity index (χ1n) is 7.59. The summed E-state index contributed by atoms with van der Waals surface area (Å²) in [5, 5.41) is 21.2. The molecule has 1 saturated heterocycles. The Balaban J connectivity index is 1.85. The van der Waals surface area contributed by atoms with Crippen LogP contribution >= 0.6 is 0 Å². The van der Waals surface area contributed by atoms with E-state index in [2.05, 4.69) is 0 Å². The molecule has 0 radical (unpaired) electrons. The molecule has 1 aromatic carbocycles. The Hall–Kier alpha value is -1.93. The molecule has 4 atom stereocenters. The van der Waals surface area contributed by atoms with Crippen LogP contribution in [0.5, 0.6) is 5.75 Å². The van der Waals surface area contributed by atoms with Gasteiger partial charge in [0.05, 0.1) is 5.60 Å². The summed E-state index contributed by atoms with van der Waals surface area (Å²) in [7, 11) is 1.45. The monoisotopic (exact) mass is 336 g/mol. The van der Waals surface area contributed by atoms with E-state index in [4.69, 9.17) is 18.6 Å². The van der Waals surface area contributed by atoms with Gasteiger partial charge in [0, 0.05) is 18.6 Å². The first-order valence-corrected chi connectivity index (χ1v) is 7.59. The van der Waals surface area contributed by atoms with Gasteiger partial charge < -0.3 is 28.8 Å². The molecule has 130 valence electrons. The number of fused-ring (bicyclic) bond motifs is 1. The molecular weight excluding hydrogens is 316 g/mol. The number of rotatable bonds is 3. The molecule has 0 saturated carbocycles. The van der Waals surface area contributed by atoms with Crippen molar-refractivity contribution in [2.24, 2.45) is 0 Å². The fourth-order valence-corrected chi connectivity index (χ4v) is 2.96. The zero-order valence-corrected chi connectivity index (χ0v) is 13.6. The van der Waals surface area contributed by atoms with Gasteiger partial charge in [-0.25, -0.2) is 4.79 Å². The van der Waals surface area contributed by atoms with Crippen LogP contribution < -0.4 is 10.4 Å². The molecule has 0 spiro atoms. The van der Waals surface area contributed by atoms with Crippen LogP contribution in [0, 0.1) is 0 Å². The second kappa shape index (κ2) is 6.18. The van der Waals surface area contributed by atoms with Gasteiger partial charge in [-0.05, 0) is 38.1 Å². The van der Waals surface area contributed by atoms with Crippen molar-refractivity contribution in [2.45, 2.75) is 44.1 Å². The third-order valence-corrected chi connectivity index (χ3v) is 4.14. The largest absolute Gasteiger partial charge is 0.462 e. The van der Waals surface area contributed by atoms with Crippen molar-refractivity contribution < 1.29 is 28.8 Å². The van der Waals surface area contributed by atoms with Crippen molar-refractivity contribution in [3.05, 3.63) is 40.8 Å². The van der Waals surface area contributed by atoms with Crippen LogP contribution in [0.25, 0.3) is 11.0 Å². The van der Waals surface area contributed by atoms with Crippen LogP contribution in [0.2, 0.25) is 0 Å². The van der Waals surface area contributed by atoms with E-state index in [1.807, 2.05) is 0 Å². The van der Waals surface area contributed by atoms with Crippen molar-refractivity contribution in [2.75, 3.05) is 7.11 Å². The van der Waals surface area contributed by atoms with Crippen molar-refractivity contribution >= 4 is 11.0 Å². The molecule has 1 fully saturated rings. The van der Waals surface area contributed by atoms with Crippen LogP contribution in [0.15, 0.2) is 39.5 Å². The maximum atomic E-state index is 11.2. The molecule has 3 rings (SSSR count). The highest BCUT2D eigenvalue weighted by atomic mass is 16.7. The Morgan fingerprint density at radius 2 is 1.88 bits per heavy atom. The molecule has 2 heterocycles. The molecule has 1 aliphatic rings. The maximum Gasteiger partial charge on any atom is 0.336 e. The lowest BCUT2D eigenvalue weighted by molar-refractivity contribution is -0.305. The maximum absolute atomic E-state index is 11.2. The van der Waals surface area contributed by atoms with Crippen LogP contribution in [0.1, 0.15) is 13.8 Å². The molecule has 0 amide bonds. The normalized spacial score (nSPS) is 29.5. The van der Waals surface area contributed by atoms with Crippen LogP contribution in [-0.2, 0) is 9.47 Å². The fraction of sp³-hybridized carbons (Fsp3) is 0.471. The molecule has 1 unspecified atom stereocenters. The number of methoxy groups -OCH3 is 1. The van der Waals surface area contributed by atoms with Crippen molar-refractivity contribution in [1.82, 2.24) is 0 Å². The number of aliphatic hydroxyl groups excluding tert-OH is 2. The molecule has 1 aliphatic heterocycles. The van der Waals surface area contributed by atoms with Crippen molar-refractivity contribution in [3.63, 3.8) is 0 Å². The number of ether oxygens (including phenoxy) is 3. The van der Waals surface area contributed by atoms with Gasteiger partial charge in [-0.1, -0.05) is 0 Å². The van der Waals surface area contributed by atoms with E-state index >= 15 is 0 Å². The lowest BCUT2D eigenvalue weighted by atomic mass is 9.89. The summed E-state index contributed by atoms with van der Waals surface area (Å²) in [5.41, 5.74) is -0.848. The number of aliphatic hydroxyl groups is 2. The van der Waals surface area contributed by atoms with E-state index in [1.165, 1.54) is 13.2 Å². The van der Waals surface area contributed by atoms with Crippen molar-refractivity contribution in [3.8, 4) is 5.75 Å². The summed E-state index contributed by atoms with van der Waals surface area (Å²) in [5.74, 6) is 0.416. The minimum Gasteiger partial charge on any atom is -0.462 e. The molecule has 2 aromatic rings. The van der Waals surface area contributed by atoms with Crippen LogP contribution in [0.3, 0.4) is 0 Å². The Kier molecular flexibility index (Phi) is 4.35. The first-order chi connectivity index (χ1) is 11.3. The topological polar surface area (TPSA) is 98.4 Å². The highest BCUT2D eigenvalue weighted by Crippen LogP contribution is 2.33. The Labute approximate surface area is 138 Å². The zero-order valence-electron chi connectivity index (χ0n) is 13.6. The van der Waals surface area contributed by atoms with Gasteiger partial charge in [0.15, 0.2) is 0 Å². The number of hydrogen-bond donors (Lipinski definition) is 2. The molecule has 7 heteroatoms. The second-order valence-corrected chi connectivity index (χ2v) is 6.30. The lowest BCUT2D eigenvalue weighted by Gasteiger charge is -2.46. The van der Waals surface area contributed by atoms with E-state index in [9.17, 15) is 15.0 Å². The van der Waals surface area contributed by atoms with Gasteiger partial charge in [-0.3, -0.25) is 0 Å². The summed E-state index contributed by atoms with van der Waals surface area (Å²) < 4.78 is 21.7. The Morgan fingerprint density at radius 3 is 2.58 bits per heavy atom. The van der Waals surface area contributed by atoms with E-state index in [-0.39, 0.29) is 0 Å². The van der Waals surface area contributed by atoms with E-state index in [0.29, 0.717) is 16.7 Å². The summed E-state index contributed by atoms with van der Waals surface area (Å²) in [6, 6.07) is 7.79. The molecule has 0 bridgehead atoms. The van der Waals surface area contributed by atoms with E-state index < -0.39 is 35.8 Å². The number of hydrogen-bond acceptors (Lipinski definition) is 7. The third kappa shape index (κ3) is 3.03. The second-order valence-electron chi connectivity index (χ2n) is 6.30. The SMILES string of the molecule is CO[C@@H]1[C@H](O)[C@H](O)C(Oc2ccc3oc(=O)ccc3c2)OC1(C)C. The summed E-state index contributed by atoms with van der Waals surface area (Å²) in [6.45, 7) is 3.50. The average Bonchev–Trinajstić information content (AvgIpc) is 2.52. The molecule has 1 aromatic heterocycles. The Bertz CT molecular complexity index is 782. The smallest absolute Gasteiger partial charge is 0.336 e. The zero-order chi connectivity index (χ0) is 17.5. The fourth-order valence-electron chi connectivity index (χ4n) is 2.96. The number of benzene rings is 1. The van der Waals surface area contributed by atoms with Gasteiger partial charge in [0.2, 0.25) is 6.29 Å². The van der Waals surface area contributed by atoms with Gasteiger partial charge in [-0.2, -0.15) is 0 Å². The van der Waals surface area contributed by atoms with Gasteiger partial charge in [0.1, 0.15) is 29.6 Å². The van der Waals surface area contributed by atoms with Crippen LogP contribution in [-0.4, -0.2) is 47.5 Å². The first kappa shape index (κ1) is 16.9. The molecule has 24 heavy (non-hydrogen) atoms. The van der Waals surface area contributed by atoms with E-state index in [0.717, 1.165) is 0 Å². The van der Waals surface area contributed by atoms with Gasteiger partial charge in [-0.15, -0.1) is 0 Å². The highest BCUT2D eigenvalue weighted by Gasteiger charge is 2.50. The van der Waals surface area contributed by atoms with Gasteiger partial charge >= 0.3 is 5.63 Å². The summed E-state index contributed by atoms with van der Waals surface area (Å²) in [6.07, 6.45) is -4.16. The predicted molar refractivity (Wildman–Crippen MR) is 84.9 cm³/mol. The molecule has 0 aliphatic carbocycles. The Morgan fingerprint density at radius 1 is 1.12 bits per heavy atom. The quantitative estimate of drug-likeness (QED) is 0.808. The van der Waals surface area contributed by atoms with E-state index in [1.54, 1.807) is 38.1 Å². The van der Waals surface area contributed by atoms with Gasteiger partial charge in [0.25, 0.3) is 0 Å². The third-order valence-electron chi connectivity index (χ3n) is 4.14. The standard InChI is InChI=1S/C17H20O7/c1-17(2)15(21-3)13(19)14(20)16(24-17)22-10-5-6-11-9(8-10)4-7-12(18)23-11/h4-8,13-16,19-20H,1-3H3/t13-,14+,15-,16?/m1/s1. The average molecular weight is 336 g/mol.